The Bertz CT molecular complexity index is 617. The van der Waals surface area contributed by atoms with Crippen LogP contribution in [0.25, 0.3) is 0 Å². The summed E-state index contributed by atoms with van der Waals surface area (Å²) in [5.74, 6) is 10.3. The summed E-state index contributed by atoms with van der Waals surface area (Å²) in [5.41, 5.74) is 0. The van der Waals surface area contributed by atoms with Gasteiger partial charge in [-0.15, -0.1) is 0 Å². The Labute approximate surface area is 152 Å². The molecule has 1 saturated heterocycles. The summed E-state index contributed by atoms with van der Waals surface area (Å²) in [5, 5.41) is 49.0. The van der Waals surface area contributed by atoms with Crippen molar-refractivity contribution in [2.45, 2.75) is 49.8 Å². The lowest BCUT2D eigenvalue weighted by Crippen LogP contribution is -2.60. The fourth-order valence-electron chi connectivity index (χ4n) is 2.09. The van der Waals surface area contributed by atoms with Crippen molar-refractivity contribution in [3.63, 3.8) is 0 Å². The van der Waals surface area contributed by atoms with Crippen LogP contribution in [-0.2, 0) is 9.47 Å². The van der Waals surface area contributed by atoms with Gasteiger partial charge in [0.15, 0.2) is 12.4 Å². The zero-order valence-electron chi connectivity index (χ0n) is 14.4. The lowest BCUT2D eigenvalue weighted by Gasteiger charge is -2.40. The highest BCUT2D eigenvalue weighted by Gasteiger charge is 2.45. The van der Waals surface area contributed by atoms with Crippen LogP contribution in [-0.4, -0.2) is 75.1 Å². The predicted molar refractivity (Wildman–Crippen MR) is 94.4 cm³/mol. The Balaban J connectivity index is 2.97. The molecule has 26 heavy (non-hydrogen) atoms. The standard InChI is InChI=1S/C19H24O7/c1-3-5-7-8-9-11-14(13(21)10-6-4-2)25-19-18(24)17(23)16(22)15(12-20)26-19/h3-6,10,13-24H,2,12H2,1H3. The molecule has 0 radical (unpaired) electrons. The van der Waals surface area contributed by atoms with E-state index in [4.69, 9.17) is 9.47 Å². The number of ether oxygens (including phenoxy) is 2. The Morgan fingerprint density at radius 1 is 1.19 bits per heavy atom. The maximum absolute atomic E-state index is 10.2. The van der Waals surface area contributed by atoms with Crippen LogP contribution >= 0.6 is 0 Å². The fraction of sp³-hybridized carbons (Fsp3) is 0.474. The van der Waals surface area contributed by atoms with Crippen molar-refractivity contribution in [1.82, 2.24) is 0 Å². The molecule has 7 nitrogen and oxygen atoms in total. The Hall–Kier alpha value is -1.94. The van der Waals surface area contributed by atoms with Gasteiger partial charge in [-0.05, 0) is 24.8 Å². The molecule has 0 bridgehead atoms. The highest BCUT2D eigenvalue weighted by Crippen LogP contribution is 2.23. The number of rotatable bonds is 6. The summed E-state index contributed by atoms with van der Waals surface area (Å²) < 4.78 is 10.7. The summed E-state index contributed by atoms with van der Waals surface area (Å²) in [7, 11) is 0. The number of hydrogen-bond acceptors (Lipinski definition) is 7. The molecule has 1 rings (SSSR count). The molecular weight excluding hydrogens is 340 g/mol. The second-order valence-corrected chi connectivity index (χ2v) is 5.40. The molecule has 1 aliphatic heterocycles. The summed E-state index contributed by atoms with van der Waals surface area (Å²) in [6.45, 7) is 4.71. The monoisotopic (exact) mass is 364 g/mol. The van der Waals surface area contributed by atoms with E-state index in [2.05, 4.69) is 30.3 Å². The van der Waals surface area contributed by atoms with Crippen LogP contribution in [0, 0.1) is 23.7 Å². The van der Waals surface area contributed by atoms with Crippen molar-refractivity contribution in [2.75, 3.05) is 6.61 Å². The molecule has 1 heterocycles. The average Bonchev–Trinajstić information content (AvgIpc) is 2.64. The molecule has 7 atom stereocenters. The van der Waals surface area contributed by atoms with Crippen LogP contribution in [0.2, 0.25) is 0 Å². The van der Waals surface area contributed by atoms with E-state index in [9.17, 15) is 25.5 Å². The highest BCUT2D eigenvalue weighted by atomic mass is 16.7. The maximum atomic E-state index is 10.2. The number of hydrogen-bond donors (Lipinski definition) is 5. The predicted octanol–water partition coefficient (Wildman–Crippen LogP) is -1.14. The summed E-state index contributed by atoms with van der Waals surface area (Å²) in [6.07, 6.45) is -1.93. The van der Waals surface area contributed by atoms with Crippen molar-refractivity contribution in [1.29, 1.82) is 0 Å². The molecule has 0 aliphatic carbocycles. The van der Waals surface area contributed by atoms with Gasteiger partial charge in [0.2, 0.25) is 0 Å². The fourth-order valence-corrected chi connectivity index (χ4v) is 2.09. The molecule has 0 saturated carbocycles. The topological polar surface area (TPSA) is 120 Å². The average molecular weight is 364 g/mol. The lowest BCUT2D eigenvalue weighted by molar-refractivity contribution is -0.310. The molecule has 1 fully saturated rings. The van der Waals surface area contributed by atoms with Crippen LogP contribution in [0.1, 0.15) is 6.92 Å². The molecule has 7 heteroatoms. The Kier molecular flexibility index (Phi) is 9.89. The molecule has 0 amide bonds. The van der Waals surface area contributed by atoms with E-state index in [1.54, 1.807) is 19.1 Å². The minimum Gasteiger partial charge on any atom is -0.394 e. The minimum absolute atomic E-state index is 0.588. The maximum Gasteiger partial charge on any atom is 0.188 e. The van der Waals surface area contributed by atoms with Crippen molar-refractivity contribution in [3.05, 3.63) is 37.0 Å². The number of aliphatic hydroxyl groups excluding tert-OH is 5. The first kappa shape index (κ1) is 22.1. The van der Waals surface area contributed by atoms with Gasteiger partial charge in [0, 0.05) is 0 Å². The molecule has 0 aromatic heterocycles. The van der Waals surface area contributed by atoms with Crippen LogP contribution < -0.4 is 0 Å². The highest BCUT2D eigenvalue weighted by molar-refractivity contribution is 5.32. The van der Waals surface area contributed by atoms with E-state index in [1.165, 1.54) is 18.2 Å². The molecule has 0 aromatic carbocycles. The van der Waals surface area contributed by atoms with Gasteiger partial charge in [-0.3, -0.25) is 0 Å². The number of allylic oxidation sites excluding steroid dienone is 4. The molecule has 1 aliphatic rings. The molecule has 5 N–H and O–H groups in total. The SMILES string of the molecule is C=CC=CC(O)C(C#CC#CC=CC)OC1OC(CO)C(O)C(O)C1O. The zero-order chi connectivity index (χ0) is 19.5. The lowest BCUT2D eigenvalue weighted by atomic mass is 9.99. The van der Waals surface area contributed by atoms with Gasteiger partial charge in [0.25, 0.3) is 0 Å². The first-order chi connectivity index (χ1) is 12.5. The van der Waals surface area contributed by atoms with E-state index >= 15 is 0 Å². The van der Waals surface area contributed by atoms with Gasteiger partial charge in [0.05, 0.1) is 6.61 Å². The van der Waals surface area contributed by atoms with E-state index in [-0.39, 0.29) is 0 Å². The van der Waals surface area contributed by atoms with Gasteiger partial charge < -0.3 is 35.0 Å². The Morgan fingerprint density at radius 3 is 2.54 bits per heavy atom. The number of aliphatic hydroxyl groups is 5. The Morgan fingerprint density at radius 2 is 1.92 bits per heavy atom. The van der Waals surface area contributed by atoms with Gasteiger partial charge in [-0.2, -0.15) is 0 Å². The normalized spacial score (nSPS) is 30.9. The van der Waals surface area contributed by atoms with E-state index in [0.29, 0.717) is 0 Å². The third-order valence-electron chi connectivity index (χ3n) is 3.48. The molecule has 142 valence electrons. The quantitative estimate of drug-likeness (QED) is 0.298. The van der Waals surface area contributed by atoms with Gasteiger partial charge in [-0.1, -0.05) is 42.7 Å². The van der Waals surface area contributed by atoms with E-state index in [0.717, 1.165) is 0 Å². The molecular formula is C19H24O7. The van der Waals surface area contributed by atoms with Crippen molar-refractivity contribution >= 4 is 0 Å². The van der Waals surface area contributed by atoms with Crippen molar-refractivity contribution in [2.24, 2.45) is 0 Å². The third-order valence-corrected chi connectivity index (χ3v) is 3.48. The second kappa shape index (κ2) is 11.6. The van der Waals surface area contributed by atoms with E-state index in [1.807, 2.05) is 0 Å². The van der Waals surface area contributed by atoms with Crippen molar-refractivity contribution < 1.29 is 35.0 Å². The van der Waals surface area contributed by atoms with Crippen molar-refractivity contribution in [3.8, 4) is 23.7 Å². The first-order valence-corrected chi connectivity index (χ1v) is 8.01. The molecule has 0 spiro atoms. The van der Waals surface area contributed by atoms with Crippen LogP contribution in [0.15, 0.2) is 37.0 Å². The summed E-state index contributed by atoms with van der Waals surface area (Å²) >= 11 is 0. The summed E-state index contributed by atoms with van der Waals surface area (Å²) in [4.78, 5) is 0. The smallest absolute Gasteiger partial charge is 0.188 e. The van der Waals surface area contributed by atoms with Gasteiger partial charge in [-0.25, -0.2) is 0 Å². The minimum atomic E-state index is -1.60. The second-order valence-electron chi connectivity index (χ2n) is 5.40. The molecule has 0 aromatic rings. The zero-order valence-corrected chi connectivity index (χ0v) is 14.4. The van der Waals surface area contributed by atoms with Crippen LogP contribution in [0.5, 0.6) is 0 Å². The third kappa shape index (κ3) is 6.41. The first-order valence-electron chi connectivity index (χ1n) is 8.01. The largest absolute Gasteiger partial charge is 0.394 e. The van der Waals surface area contributed by atoms with Crippen LogP contribution in [0.3, 0.4) is 0 Å². The van der Waals surface area contributed by atoms with Gasteiger partial charge >= 0.3 is 0 Å². The van der Waals surface area contributed by atoms with Gasteiger partial charge in [0.1, 0.15) is 30.5 Å². The van der Waals surface area contributed by atoms with E-state index < -0.39 is 49.5 Å². The summed E-state index contributed by atoms with van der Waals surface area (Å²) in [6, 6.07) is 0. The van der Waals surface area contributed by atoms with Crippen LogP contribution in [0.4, 0.5) is 0 Å². The molecule has 7 unspecified atom stereocenters.